The molecule has 0 bridgehead atoms. The van der Waals surface area contributed by atoms with E-state index < -0.39 is 0 Å². The molecule has 2 aromatic carbocycles. The van der Waals surface area contributed by atoms with Crippen molar-refractivity contribution in [2.75, 3.05) is 5.75 Å². The molecular weight excluding hydrogens is 382 g/mol. The van der Waals surface area contributed by atoms with Crippen LogP contribution in [0.5, 0.6) is 0 Å². The number of furan rings is 1. The third-order valence-corrected chi connectivity index (χ3v) is 5.35. The van der Waals surface area contributed by atoms with Gasteiger partial charge in [0.2, 0.25) is 5.91 Å². The summed E-state index contributed by atoms with van der Waals surface area (Å²) in [6, 6.07) is 23.6. The lowest BCUT2D eigenvalue weighted by molar-refractivity contribution is -0.119. The number of aromatic nitrogens is 2. The van der Waals surface area contributed by atoms with Gasteiger partial charge in [-0.2, -0.15) is 0 Å². The highest BCUT2D eigenvalue weighted by molar-refractivity contribution is 7.99. The van der Waals surface area contributed by atoms with Gasteiger partial charge in [0.15, 0.2) is 5.16 Å². The summed E-state index contributed by atoms with van der Waals surface area (Å²) in [5, 5.41) is 3.65. The SMILES string of the molecule is C[C@H](NC(=O)CSc1nc(-c2ccccc2)c(-c2ccccc2)[nH]1)c1ccco1. The molecule has 0 unspecified atom stereocenters. The van der Waals surface area contributed by atoms with Crippen molar-refractivity contribution >= 4 is 17.7 Å². The first-order chi connectivity index (χ1) is 14.2. The molecule has 0 saturated carbocycles. The van der Waals surface area contributed by atoms with E-state index in [9.17, 15) is 4.79 Å². The Morgan fingerprint density at radius 3 is 2.38 bits per heavy atom. The van der Waals surface area contributed by atoms with Gasteiger partial charge in [-0.3, -0.25) is 4.79 Å². The summed E-state index contributed by atoms with van der Waals surface area (Å²) >= 11 is 1.38. The third kappa shape index (κ3) is 4.60. The van der Waals surface area contributed by atoms with Crippen molar-refractivity contribution in [3.8, 4) is 22.5 Å². The van der Waals surface area contributed by atoms with Gasteiger partial charge in [0.1, 0.15) is 5.76 Å². The van der Waals surface area contributed by atoms with Gasteiger partial charge in [-0.15, -0.1) is 0 Å². The third-order valence-electron chi connectivity index (χ3n) is 4.48. The fraction of sp³-hybridized carbons (Fsp3) is 0.130. The molecule has 0 radical (unpaired) electrons. The maximum atomic E-state index is 12.3. The van der Waals surface area contributed by atoms with Crippen molar-refractivity contribution in [3.63, 3.8) is 0 Å². The number of benzene rings is 2. The maximum Gasteiger partial charge on any atom is 0.231 e. The highest BCUT2D eigenvalue weighted by Crippen LogP contribution is 2.32. The summed E-state index contributed by atoms with van der Waals surface area (Å²) in [6.07, 6.45) is 1.60. The van der Waals surface area contributed by atoms with Gasteiger partial charge in [-0.05, 0) is 19.1 Å². The molecule has 4 rings (SSSR count). The van der Waals surface area contributed by atoms with Crippen LogP contribution in [-0.4, -0.2) is 21.6 Å². The lowest BCUT2D eigenvalue weighted by Gasteiger charge is -2.10. The number of carbonyl (C=O) groups excluding carboxylic acids is 1. The summed E-state index contributed by atoms with van der Waals surface area (Å²) in [5.74, 6) is 0.929. The molecule has 4 aromatic rings. The van der Waals surface area contributed by atoms with Crippen LogP contribution < -0.4 is 5.32 Å². The molecular formula is C23H21N3O2S. The second-order valence-electron chi connectivity index (χ2n) is 6.59. The zero-order chi connectivity index (χ0) is 20.1. The fourth-order valence-electron chi connectivity index (χ4n) is 3.06. The fourth-order valence-corrected chi connectivity index (χ4v) is 3.75. The quantitative estimate of drug-likeness (QED) is 0.411. The van der Waals surface area contributed by atoms with Crippen LogP contribution in [0.4, 0.5) is 0 Å². The first-order valence-corrected chi connectivity index (χ1v) is 10.4. The number of aromatic amines is 1. The number of carbonyl (C=O) groups is 1. The standard InChI is InChI=1S/C23H21N3O2S/c1-16(19-13-8-14-28-19)24-20(27)15-29-23-25-21(17-9-4-2-5-10-17)22(26-23)18-11-6-3-7-12-18/h2-14,16H,15H2,1H3,(H,24,27)(H,25,26)/t16-/m0/s1. The van der Waals surface area contributed by atoms with Crippen LogP contribution in [0, 0.1) is 0 Å². The van der Waals surface area contributed by atoms with Crippen LogP contribution in [0.15, 0.2) is 88.6 Å². The van der Waals surface area contributed by atoms with Crippen molar-refractivity contribution in [2.24, 2.45) is 0 Å². The summed E-state index contributed by atoms with van der Waals surface area (Å²) < 4.78 is 5.34. The Kier molecular flexibility index (Phi) is 5.81. The number of nitrogens with zero attached hydrogens (tertiary/aromatic N) is 1. The van der Waals surface area contributed by atoms with Crippen molar-refractivity contribution in [2.45, 2.75) is 18.1 Å². The molecule has 0 aliphatic rings. The Labute approximate surface area is 173 Å². The number of thioether (sulfide) groups is 1. The molecule has 0 aliphatic heterocycles. The Morgan fingerprint density at radius 1 is 1.03 bits per heavy atom. The molecule has 2 aromatic heterocycles. The van der Waals surface area contributed by atoms with Crippen LogP contribution in [0.1, 0.15) is 18.7 Å². The first-order valence-electron chi connectivity index (χ1n) is 9.37. The largest absolute Gasteiger partial charge is 0.467 e. The second-order valence-corrected chi connectivity index (χ2v) is 7.55. The van der Waals surface area contributed by atoms with Gasteiger partial charge >= 0.3 is 0 Å². The molecule has 6 heteroatoms. The van der Waals surface area contributed by atoms with Gasteiger partial charge in [-0.1, -0.05) is 72.4 Å². The van der Waals surface area contributed by atoms with Gasteiger partial charge < -0.3 is 14.7 Å². The molecule has 0 spiro atoms. The van der Waals surface area contributed by atoms with E-state index >= 15 is 0 Å². The van der Waals surface area contributed by atoms with E-state index in [0.29, 0.717) is 5.16 Å². The van der Waals surface area contributed by atoms with E-state index in [0.717, 1.165) is 28.3 Å². The average molecular weight is 404 g/mol. The lowest BCUT2D eigenvalue weighted by Crippen LogP contribution is -2.27. The predicted molar refractivity (Wildman–Crippen MR) is 115 cm³/mol. The first kappa shape index (κ1) is 19.1. The Bertz CT molecular complexity index is 1000. The van der Waals surface area contributed by atoms with E-state index in [4.69, 9.17) is 9.40 Å². The summed E-state index contributed by atoms with van der Waals surface area (Å²) in [5.41, 5.74) is 3.92. The van der Waals surface area contributed by atoms with E-state index in [-0.39, 0.29) is 17.7 Å². The van der Waals surface area contributed by atoms with E-state index in [1.54, 1.807) is 6.26 Å². The van der Waals surface area contributed by atoms with Crippen LogP contribution in [0.3, 0.4) is 0 Å². The zero-order valence-corrected chi connectivity index (χ0v) is 16.8. The van der Waals surface area contributed by atoms with Crippen LogP contribution in [-0.2, 0) is 4.79 Å². The number of rotatable bonds is 7. The van der Waals surface area contributed by atoms with Gasteiger partial charge in [-0.25, -0.2) is 4.98 Å². The van der Waals surface area contributed by atoms with Crippen molar-refractivity contribution < 1.29 is 9.21 Å². The highest BCUT2D eigenvalue weighted by atomic mass is 32.2. The molecule has 1 amide bonds. The summed E-state index contributed by atoms with van der Waals surface area (Å²) in [6.45, 7) is 1.90. The normalized spacial score (nSPS) is 11.9. The maximum absolute atomic E-state index is 12.3. The lowest BCUT2D eigenvalue weighted by atomic mass is 10.1. The number of imidazole rings is 1. The number of amides is 1. The predicted octanol–water partition coefficient (Wildman–Crippen LogP) is 5.31. The smallest absolute Gasteiger partial charge is 0.231 e. The van der Waals surface area contributed by atoms with Gasteiger partial charge in [0.05, 0.1) is 29.4 Å². The molecule has 2 heterocycles. The number of hydrogen-bond donors (Lipinski definition) is 2. The van der Waals surface area contributed by atoms with E-state index in [2.05, 4.69) is 10.3 Å². The Morgan fingerprint density at radius 2 is 1.72 bits per heavy atom. The zero-order valence-electron chi connectivity index (χ0n) is 16.0. The minimum atomic E-state index is -0.172. The molecule has 0 fully saturated rings. The molecule has 1 atom stereocenters. The minimum Gasteiger partial charge on any atom is -0.467 e. The van der Waals surface area contributed by atoms with E-state index in [1.165, 1.54) is 11.8 Å². The van der Waals surface area contributed by atoms with Crippen molar-refractivity contribution in [1.29, 1.82) is 0 Å². The van der Waals surface area contributed by atoms with Gasteiger partial charge in [0.25, 0.3) is 0 Å². The summed E-state index contributed by atoms with van der Waals surface area (Å²) in [7, 11) is 0. The molecule has 0 aliphatic carbocycles. The number of hydrogen-bond acceptors (Lipinski definition) is 4. The van der Waals surface area contributed by atoms with Crippen LogP contribution in [0.2, 0.25) is 0 Å². The number of H-pyrrole nitrogens is 1. The van der Waals surface area contributed by atoms with Crippen LogP contribution in [0.25, 0.3) is 22.5 Å². The second kappa shape index (κ2) is 8.84. The number of nitrogens with one attached hydrogen (secondary N) is 2. The minimum absolute atomic E-state index is 0.0715. The van der Waals surface area contributed by atoms with E-state index in [1.807, 2.05) is 79.7 Å². The van der Waals surface area contributed by atoms with Crippen molar-refractivity contribution in [3.05, 3.63) is 84.8 Å². The van der Waals surface area contributed by atoms with Crippen LogP contribution >= 0.6 is 11.8 Å². The monoisotopic (exact) mass is 403 g/mol. The molecule has 5 nitrogen and oxygen atoms in total. The topological polar surface area (TPSA) is 70.9 Å². The molecule has 2 N–H and O–H groups in total. The highest BCUT2D eigenvalue weighted by Gasteiger charge is 2.16. The molecule has 0 saturated heterocycles. The Hall–Kier alpha value is -3.25. The average Bonchev–Trinajstić information content (AvgIpc) is 3.44. The Balaban J connectivity index is 1.51. The summed E-state index contributed by atoms with van der Waals surface area (Å²) in [4.78, 5) is 20.5. The molecule has 146 valence electrons. The molecule has 29 heavy (non-hydrogen) atoms. The van der Waals surface area contributed by atoms with Gasteiger partial charge in [0, 0.05) is 11.1 Å². The van der Waals surface area contributed by atoms with Crippen molar-refractivity contribution in [1.82, 2.24) is 15.3 Å².